The summed E-state index contributed by atoms with van der Waals surface area (Å²) in [6.45, 7) is 3.13. The second kappa shape index (κ2) is 11.7. The number of fused-ring (bicyclic) bond motifs is 1. The van der Waals surface area contributed by atoms with E-state index in [0.717, 1.165) is 25.2 Å². The van der Waals surface area contributed by atoms with E-state index in [0.29, 0.717) is 44.2 Å². The Morgan fingerprint density at radius 1 is 1.02 bits per heavy atom. The van der Waals surface area contributed by atoms with Crippen molar-refractivity contribution < 1.29 is 4.39 Å². The van der Waals surface area contributed by atoms with Gasteiger partial charge >= 0.3 is 0 Å². The van der Waals surface area contributed by atoms with Crippen molar-refractivity contribution in [1.29, 1.82) is 5.26 Å². The fourth-order valence-corrected chi connectivity index (χ4v) is 5.64. The zero-order valence-corrected chi connectivity index (χ0v) is 23.3. The van der Waals surface area contributed by atoms with Gasteiger partial charge in [0.1, 0.15) is 17.6 Å². The van der Waals surface area contributed by atoms with E-state index in [-0.39, 0.29) is 11.1 Å². The van der Waals surface area contributed by atoms with Crippen LogP contribution in [0.5, 0.6) is 0 Å². The molecule has 0 amide bonds. The first kappa shape index (κ1) is 27.0. The van der Waals surface area contributed by atoms with E-state index in [1.54, 1.807) is 18.3 Å². The fourth-order valence-electron chi connectivity index (χ4n) is 5.19. The van der Waals surface area contributed by atoms with Gasteiger partial charge in [0, 0.05) is 29.5 Å². The van der Waals surface area contributed by atoms with Crippen LogP contribution in [0.15, 0.2) is 67.0 Å². The van der Waals surface area contributed by atoms with Gasteiger partial charge in [0.2, 0.25) is 0 Å². The topological polar surface area (TPSA) is 106 Å². The summed E-state index contributed by atoms with van der Waals surface area (Å²) < 4.78 is 13.8. The molecule has 6 rings (SSSR count). The van der Waals surface area contributed by atoms with Gasteiger partial charge in [0.15, 0.2) is 0 Å². The van der Waals surface area contributed by atoms with Crippen LogP contribution in [0.3, 0.4) is 0 Å². The number of nitriles is 1. The zero-order valence-electron chi connectivity index (χ0n) is 21.8. The molecule has 11 heteroatoms. The maximum Gasteiger partial charge on any atom is 0.141 e. The molecule has 3 heterocycles. The number of benzene rings is 3. The number of aromatic nitrogens is 4. The van der Waals surface area contributed by atoms with Crippen molar-refractivity contribution in [3.8, 4) is 6.07 Å². The smallest absolute Gasteiger partial charge is 0.141 e. The maximum absolute atomic E-state index is 13.8. The van der Waals surface area contributed by atoms with Gasteiger partial charge in [0.25, 0.3) is 0 Å². The van der Waals surface area contributed by atoms with E-state index in [1.807, 2.05) is 6.07 Å². The molecule has 3 aromatic carbocycles. The lowest BCUT2D eigenvalue weighted by atomic mass is 10.0. The Balaban J connectivity index is 1.39. The molecule has 206 valence electrons. The first-order chi connectivity index (χ1) is 20.0. The maximum atomic E-state index is 13.8. The number of hydrogen-bond donors (Lipinski definition) is 3. The molecule has 1 atom stereocenters. The van der Waals surface area contributed by atoms with Crippen LogP contribution >= 0.6 is 23.2 Å². The number of nitrogens with one attached hydrogen (secondary N) is 3. The predicted octanol–water partition coefficient (Wildman–Crippen LogP) is 7.21. The van der Waals surface area contributed by atoms with Crippen molar-refractivity contribution in [2.75, 3.05) is 23.7 Å². The number of pyridine rings is 1. The first-order valence-electron chi connectivity index (χ1n) is 13.2. The quantitative estimate of drug-likeness (QED) is 0.176. The molecule has 1 saturated heterocycles. The predicted molar refractivity (Wildman–Crippen MR) is 159 cm³/mol. The Morgan fingerprint density at radius 3 is 2.61 bits per heavy atom. The number of anilines is 3. The number of likely N-dealkylation sites (tertiary alicyclic amines) is 1. The third kappa shape index (κ3) is 5.81. The van der Waals surface area contributed by atoms with E-state index in [1.165, 1.54) is 36.7 Å². The highest BCUT2D eigenvalue weighted by atomic mass is 35.5. The summed E-state index contributed by atoms with van der Waals surface area (Å²) in [5, 5.41) is 28.7. The highest BCUT2D eigenvalue weighted by Gasteiger charge is 2.21. The van der Waals surface area contributed by atoms with Gasteiger partial charge in [-0.2, -0.15) is 20.7 Å². The Morgan fingerprint density at radius 2 is 1.85 bits per heavy atom. The Bertz CT molecular complexity index is 1750. The van der Waals surface area contributed by atoms with Gasteiger partial charge in [-0.25, -0.2) is 4.39 Å². The van der Waals surface area contributed by atoms with Crippen molar-refractivity contribution in [2.45, 2.75) is 25.4 Å². The molecule has 1 aliphatic heterocycles. The molecule has 0 spiro atoms. The van der Waals surface area contributed by atoms with E-state index in [2.05, 4.69) is 66.3 Å². The van der Waals surface area contributed by atoms with Crippen molar-refractivity contribution in [2.24, 2.45) is 0 Å². The van der Waals surface area contributed by atoms with Crippen LogP contribution in [0.25, 0.3) is 10.9 Å². The largest absolute Gasteiger partial charge is 0.373 e. The molecule has 0 bridgehead atoms. The number of halogens is 3. The summed E-state index contributed by atoms with van der Waals surface area (Å²) in [6, 6.07) is 18.2. The summed E-state index contributed by atoms with van der Waals surface area (Å²) in [5.74, 6) is -0.532. The minimum absolute atomic E-state index is 0.0327. The van der Waals surface area contributed by atoms with Gasteiger partial charge in [0.05, 0.1) is 39.1 Å². The van der Waals surface area contributed by atoms with Crippen molar-refractivity contribution in [1.82, 2.24) is 25.3 Å². The van der Waals surface area contributed by atoms with Crippen LogP contribution < -0.4 is 10.6 Å². The lowest BCUT2D eigenvalue weighted by Crippen LogP contribution is -2.19. The molecule has 0 radical (unpaired) electrons. The van der Waals surface area contributed by atoms with Gasteiger partial charge < -0.3 is 10.6 Å². The summed E-state index contributed by atoms with van der Waals surface area (Å²) in [6.07, 6.45) is 5.62. The number of aromatic amines is 1. The highest BCUT2D eigenvalue weighted by Crippen LogP contribution is 2.37. The molecule has 41 heavy (non-hydrogen) atoms. The molecule has 1 fully saturated rings. The van der Waals surface area contributed by atoms with Crippen LogP contribution in [0, 0.1) is 17.1 Å². The van der Waals surface area contributed by atoms with E-state index >= 15 is 0 Å². The molecule has 5 aromatic rings. The van der Waals surface area contributed by atoms with Gasteiger partial charge in [-0.3, -0.25) is 9.88 Å². The molecular formula is C30H25Cl2FN8. The second-order valence-electron chi connectivity index (χ2n) is 9.97. The molecule has 3 N–H and O–H groups in total. The molecule has 0 aliphatic carbocycles. The van der Waals surface area contributed by atoms with Crippen LogP contribution in [0.4, 0.5) is 21.5 Å². The molecule has 0 saturated carbocycles. The van der Waals surface area contributed by atoms with Crippen LogP contribution in [0.2, 0.25) is 10.0 Å². The normalized spacial score (nSPS) is 14.2. The molecule has 8 nitrogen and oxygen atoms in total. The minimum atomic E-state index is -0.532. The number of H-pyrrole nitrogens is 1. The first-order valence-corrected chi connectivity index (χ1v) is 13.9. The third-order valence-electron chi connectivity index (χ3n) is 7.16. The monoisotopic (exact) mass is 586 g/mol. The van der Waals surface area contributed by atoms with Gasteiger partial charge in [-0.05, 0) is 67.4 Å². The molecular weight excluding hydrogens is 562 g/mol. The van der Waals surface area contributed by atoms with Crippen molar-refractivity contribution >= 4 is 51.2 Å². The van der Waals surface area contributed by atoms with Gasteiger partial charge in [-0.1, -0.05) is 47.5 Å². The minimum Gasteiger partial charge on any atom is -0.373 e. The average molecular weight is 587 g/mol. The molecule has 2 aromatic heterocycles. The average Bonchev–Trinajstić information content (AvgIpc) is 3.69. The van der Waals surface area contributed by atoms with E-state index in [9.17, 15) is 9.65 Å². The SMILES string of the molecule is N#Cc1cnc2c(Cl)cc(NC(c3cccc(CN4CCCC4)c3)c3cn[nH]n3)cc2c1Nc1ccc(F)c(Cl)c1. The lowest BCUT2D eigenvalue weighted by molar-refractivity contribution is 0.331. The third-order valence-corrected chi connectivity index (χ3v) is 7.74. The zero-order chi connectivity index (χ0) is 28.3. The Hall–Kier alpha value is -4.23. The fraction of sp³-hybridized carbons (Fsp3) is 0.200. The highest BCUT2D eigenvalue weighted by molar-refractivity contribution is 6.36. The standard InChI is InChI=1S/C30H25Cl2FN8/c31-24-12-21(6-7-26(24)33)37-28-20(14-34)15-35-30-23(28)11-22(13-25(30)32)38-29(27-16-36-40-39-27)19-5-3-4-18(10-19)17-41-8-1-2-9-41/h3-7,10-13,15-16,29,38H,1-2,8-9,17H2,(H,35,37)(H,36,39,40). The van der Waals surface area contributed by atoms with Crippen LogP contribution in [-0.2, 0) is 6.54 Å². The summed E-state index contributed by atoms with van der Waals surface area (Å²) in [5.41, 5.74) is 5.46. The Labute approximate surface area is 246 Å². The molecule has 1 unspecified atom stereocenters. The number of nitrogens with zero attached hydrogens (tertiary/aromatic N) is 5. The van der Waals surface area contributed by atoms with Gasteiger partial charge in [-0.15, -0.1) is 0 Å². The van der Waals surface area contributed by atoms with Crippen LogP contribution in [-0.4, -0.2) is 38.4 Å². The van der Waals surface area contributed by atoms with Crippen molar-refractivity contribution in [3.63, 3.8) is 0 Å². The Kier molecular flexibility index (Phi) is 7.70. The summed E-state index contributed by atoms with van der Waals surface area (Å²) in [4.78, 5) is 6.90. The van der Waals surface area contributed by atoms with Crippen molar-refractivity contribution in [3.05, 3.63) is 105 Å². The molecule has 1 aliphatic rings. The van der Waals surface area contributed by atoms with E-state index in [4.69, 9.17) is 23.2 Å². The summed E-state index contributed by atoms with van der Waals surface area (Å²) in [7, 11) is 0. The van der Waals surface area contributed by atoms with E-state index < -0.39 is 5.82 Å². The number of hydrogen-bond acceptors (Lipinski definition) is 7. The summed E-state index contributed by atoms with van der Waals surface area (Å²) >= 11 is 12.7. The second-order valence-corrected chi connectivity index (χ2v) is 10.8. The number of rotatable bonds is 8. The lowest BCUT2D eigenvalue weighted by Gasteiger charge is -2.21. The van der Waals surface area contributed by atoms with Crippen LogP contribution in [0.1, 0.15) is 41.3 Å².